The van der Waals surface area contributed by atoms with Crippen LogP contribution in [0.25, 0.3) is 10.9 Å². The molecule has 8 heteroatoms. The lowest BCUT2D eigenvalue weighted by atomic mass is 10.1. The van der Waals surface area contributed by atoms with Gasteiger partial charge in [0.15, 0.2) is 5.11 Å². The number of fused-ring (bicyclic) bond motifs is 1. The topological polar surface area (TPSA) is 90.0 Å². The van der Waals surface area contributed by atoms with Gasteiger partial charge in [0.05, 0.1) is 0 Å². The average molecular weight is 408 g/mol. The Morgan fingerprint density at radius 3 is 2.72 bits per heavy atom. The van der Waals surface area contributed by atoms with Crippen LogP contribution in [0.1, 0.15) is 29.8 Å². The molecule has 1 fully saturated rings. The van der Waals surface area contributed by atoms with Crippen molar-refractivity contribution in [3.05, 3.63) is 53.5 Å². The summed E-state index contributed by atoms with van der Waals surface area (Å²) >= 11 is 5.42. The summed E-state index contributed by atoms with van der Waals surface area (Å²) in [5.41, 5.74) is 4.18. The fraction of sp³-hybridized carbons (Fsp3) is 0.333. The Kier molecular flexibility index (Phi) is 5.71. The molecule has 150 valence electrons. The van der Waals surface area contributed by atoms with Gasteiger partial charge < -0.3 is 15.6 Å². The molecule has 0 amide bonds. The van der Waals surface area contributed by atoms with Crippen LogP contribution >= 0.6 is 12.2 Å². The molecule has 3 aromatic rings. The van der Waals surface area contributed by atoms with Crippen molar-refractivity contribution in [3.8, 4) is 0 Å². The summed E-state index contributed by atoms with van der Waals surface area (Å²) in [5, 5.41) is 11.4. The van der Waals surface area contributed by atoms with Gasteiger partial charge in [-0.25, -0.2) is 9.97 Å². The molecule has 0 bridgehead atoms. The quantitative estimate of drug-likeness (QED) is 0.295. The number of hydrogen-bond donors (Lipinski definition) is 4. The first kappa shape index (κ1) is 19.3. The van der Waals surface area contributed by atoms with E-state index in [-0.39, 0.29) is 0 Å². The van der Waals surface area contributed by atoms with E-state index in [4.69, 9.17) is 17.2 Å². The van der Waals surface area contributed by atoms with Gasteiger partial charge in [0, 0.05) is 41.1 Å². The lowest BCUT2D eigenvalue weighted by Crippen LogP contribution is -2.43. The van der Waals surface area contributed by atoms with Crippen molar-refractivity contribution in [2.45, 2.75) is 39.2 Å². The number of H-pyrrole nitrogens is 1. The van der Waals surface area contributed by atoms with Crippen LogP contribution in [0.4, 0.5) is 5.95 Å². The predicted molar refractivity (Wildman–Crippen MR) is 121 cm³/mol. The van der Waals surface area contributed by atoms with Crippen LogP contribution in [-0.4, -0.2) is 38.6 Å². The highest BCUT2D eigenvalue weighted by molar-refractivity contribution is 7.80. The lowest BCUT2D eigenvalue weighted by molar-refractivity contribution is 0.894. The number of aliphatic imine (C=N–C) groups is 1. The van der Waals surface area contributed by atoms with Crippen molar-refractivity contribution in [2.75, 3.05) is 11.9 Å². The summed E-state index contributed by atoms with van der Waals surface area (Å²) in [6, 6.07) is 10.7. The van der Waals surface area contributed by atoms with Crippen LogP contribution in [0.3, 0.4) is 0 Å². The molecule has 0 unspecified atom stereocenters. The number of hydrogen-bond acceptors (Lipinski definition) is 4. The number of guanidine groups is 1. The van der Waals surface area contributed by atoms with Crippen LogP contribution in [-0.2, 0) is 6.42 Å². The van der Waals surface area contributed by atoms with Crippen molar-refractivity contribution in [3.63, 3.8) is 0 Å². The molecule has 0 radical (unpaired) electrons. The van der Waals surface area contributed by atoms with Crippen LogP contribution in [0, 0.1) is 13.8 Å². The molecule has 29 heavy (non-hydrogen) atoms. The second-order valence-corrected chi connectivity index (χ2v) is 7.72. The molecule has 0 spiro atoms. The smallest absolute Gasteiger partial charge is 0.229 e. The molecule has 0 atom stereocenters. The number of rotatable bonds is 5. The summed E-state index contributed by atoms with van der Waals surface area (Å²) in [7, 11) is 0. The van der Waals surface area contributed by atoms with E-state index in [1.54, 1.807) is 0 Å². The Morgan fingerprint density at radius 2 is 1.97 bits per heavy atom. The van der Waals surface area contributed by atoms with Gasteiger partial charge in [-0.05, 0) is 63.0 Å². The fourth-order valence-electron chi connectivity index (χ4n) is 3.18. The van der Waals surface area contributed by atoms with Crippen molar-refractivity contribution in [1.82, 2.24) is 25.6 Å². The molecule has 7 nitrogen and oxygen atoms in total. The maximum Gasteiger partial charge on any atom is 0.229 e. The summed E-state index contributed by atoms with van der Waals surface area (Å²) < 4.78 is 0. The van der Waals surface area contributed by atoms with E-state index in [2.05, 4.69) is 49.1 Å². The number of benzene rings is 1. The molecule has 1 aromatic carbocycles. The minimum Gasteiger partial charge on any atom is -0.361 e. The molecule has 1 aliphatic carbocycles. The van der Waals surface area contributed by atoms with Gasteiger partial charge in [-0.15, -0.1) is 0 Å². The molecule has 2 heterocycles. The third-order valence-electron chi connectivity index (χ3n) is 4.68. The first-order valence-corrected chi connectivity index (χ1v) is 10.2. The monoisotopic (exact) mass is 407 g/mol. The minimum absolute atomic E-state index is 0.472. The third-order valence-corrected chi connectivity index (χ3v) is 4.90. The van der Waals surface area contributed by atoms with Gasteiger partial charge in [0.1, 0.15) is 0 Å². The minimum atomic E-state index is 0.472. The largest absolute Gasteiger partial charge is 0.361 e. The zero-order valence-electron chi connectivity index (χ0n) is 16.6. The SMILES string of the molecule is Cc1cc(C)nc(NC(=NCCc2c[nH]c3ccccc23)NC(=S)NC2CC2)n1. The van der Waals surface area contributed by atoms with E-state index in [1.165, 1.54) is 10.9 Å². The molecule has 0 saturated heterocycles. The van der Waals surface area contributed by atoms with E-state index in [9.17, 15) is 0 Å². The number of anilines is 1. The number of aromatic amines is 1. The second-order valence-electron chi connectivity index (χ2n) is 7.31. The van der Waals surface area contributed by atoms with Crippen molar-refractivity contribution < 1.29 is 0 Å². The molecular formula is C21H25N7S. The van der Waals surface area contributed by atoms with Gasteiger partial charge in [0.2, 0.25) is 11.9 Å². The molecular weight excluding hydrogens is 382 g/mol. The Bertz CT molecular complexity index is 1030. The number of thiocarbonyl (C=S) groups is 1. The number of para-hydroxylation sites is 1. The van der Waals surface area contributed by atoms with Crippen LogP contribution in [0.2, 0.25) is 0 Å². The Balaban J connectivity index is 1.47. The maximum atomic E-state index is 5.42. The summed E-state index contributed by atoms with van der Waals surface area (Å²) in [5.74, 6) is 1.06. The highest BCUT2D eigenvalue weighted by Crippen LogP contribution is 2.19. The van der Waals surface area contributed by atoms with Gasteiger partial charge in [-0.1, -0.05) is 18.2 Å². The Hall–Kier alpha value is -3.00. The van der Waals surface area contributed by atoms with Crippen molar-refractivity contribution >= 4 is 40.1 Å². The first-order valence-electron chi connectivity index (χ1n) is 9.83. The average Bonchev–Trinajstić information content (AvgIpc) is 3.38. The molecule has 4 rings (SSSR count). The van der Waals surface area contributed by atoms with E-state index < -0.39 is 0 Å². The fourth-order valence-corrected chi connectivity index (χ4v) is 3.44. The lowest BCUT2D eigenvalue weighted by Gasteiger charge is -2.14. The van der Waals surface area contributed by atoms with Crippen LogP contribution in [0.15, 0.2) is 41.5 Å². The molecule has 4 N–H and O–H groups in total. The Morgan fingerprint density at radius 1 is 1.21 bits per heavy atom. The number of nitrogens with zero attached hydrogens (tertiary/aromatic N) is 3. The van der Waals surface area contributed by atoms with Crippen molar-refractivity contribution in [2.24, 2.45) is 4.99 Å². The molecule has 1 saturated carbocycles. The number of aromatic nitrogens is 3. The normalized spacial score (nSPS) is 14.1. The summed E-state index contributed by atoms with van der Waals surface area (Å²) in [4.78, 5) is 16.9. The molecule has 2 aromatic heterocycles. The molecule has 1 aliphatic rings. The van der Waals surface area contributed by atoms with Gasteiger partial charge in [-0.2, -0.15) is 0 Å². The highest BCUT2D eigenvalue weighted by atomic mass is 32.1. The van der Waals surface area contributed by atoms with Gasteiger partial charge in [-0.3, -0.25) is 10.3 Å². The zero-order valence-corrected chi connectivity index (χ0v) is 17.4. The Labute approximate surface area is 175 Å². The van der Waals surface area contributed by atoms with E-state index in [0.717, 1.165) is 36.2 Å². The van der Waals surface area contributed by atoms with Gasteiger partial charge in [0.25, 0.3) is 0 Å². The number of nitrogens with one attached hydrogen (secondary N) is 4. The summed E-state index contributed by atoms with van der Waals surface area (Å²) in [6.45, 7) is 4.49. The zero-order chi connectivity index (χ0) is 20.2. The van der Waals surface area contributed by atoms with E-state index >= 15 is 0 Å². The highest BCUT2D eigenvalue weighted by Gasteiger charge is 2.22. The van der Waals surface area contributed by atoms with Crippen molar-refractivity contribution in [1.29, 1.82) is 0 Å². The molecule has 0 aliphatic heterocycles. The van der Waals surface area contributed by atoms with Gasteiger partial charge >= 0.3 is 0 Å². The van der Waals surface area contributed by atoms with E-state index in [1.807, 2.05) is 32.2 Å². The third kappa shape index (κ3) is 5.29. The number of aryl methyl sites for hydroxylation is 2. The first-order chi connectivity index (χ1) is 14.1. The second kappa shape index (κ2) is 8.57. The van der Waals surface area contributed by atoms with E-state index in [0.29, 0.717) is 29.6 Å². The summed E-state index contributed by atoms with van der Waals surface area (Å²) in [6.07, 6.45) is 5.17. The van der Waals surface area contributed by atoms with Crippen LogP contribution in [0.5, 0.6) is 0 Å². The standard InChI is InChI=1S/C21H25N7S/c1-13-11-14(2)25-20(24-13)27-19(28-21(29)26-16-7-8-16)22-10-9-15-12-23-18-6-4-3-5-17(15)18/h3-6,11-12,16,23H,7-10H2,1-2H3,(H3,22,24,25,26,27,28,29). The predicted octanol–water partition coefficient (Wildman–Crippen LogP) is 3.21. The maximum absolute atomic E-state index is 5.42. The van der Waals surface area contributed by atoms with Crippen LogP contribution < -0.4 is 16.0 Å².